The van der Waals surface area contributed by atoms with Crippen LogP contribution in [-0.4, -0.2) is 53.5 Å². The summed E-state index contributed by atoms with van der Waals surface area (Å²) in [4.78, 5) is 11.4. The van der Waals surface area contributed by atoms with Crippen LogP contribution in [0.5, 0.6) is 5.75 Å². The van der Waals surface area contributed by atoms with E-state index in [2.05, 4.69) is 20.2 Å². The number of nitrogens with one attached hydrogen (secondary N) is 1. The van der Waals surface area contributed by atoms with Gasteiger partial charge in [-0.05, 0) is 42.3 Å². The third kappa shape index (κ3) is 4.36. The molecular formula is C28H23ClFN5O2. The number of halogens is 2. The number of piperidine rings is 1. The van der Waals surface area contributed by atoms with Crippen molar-refractivity contribution in [1.29, 1.82) is 5.26 Å². The Labute approximate surface area is 218 Å². The zero-order valence-corrected chi connectivity index (χ0v) is 20.5. The molecule has 0 saturated carbocycles. The first-order valence-electron chi connectivity index (χ1n) is 12.1. The van der Waals surface area contributed by atoms with Crippen molar-refractivity contribution in [3.8, 4) is 34.1 Å². The van der Waals surface area contributed by atoms with Crippen molar-refractivity contribution >= 4 is 28.3 Å². The van der Waals surface area contributed by atoms with Gasteiger partial charge in [-0.1, -0.05) is 23.7 Å². The predicted molar refractivity (Wildman–Crippen MR) is 140 cm³/mol. The van der Waals surface area contributed by atoms with Crippen LogP contribution in [0.2, 0.25) is 5.02 Å². The van der Waals surface area contributed by atoms with E-state index in [4.69, 9.17) is 16.3 Å². The number of rotatable bonds is 3. The maximum Gasteiger partial charge on any atom is 0.161 e. The summed E-state index contributed by atoms with van der Waals surface area (Å²) >= 11 is 6.23. The zero-order chi connectivity index (χ0) is 25.5. The molecule has 2 aliphatic heterocycles. The number of nitriles is 1. The molecule has 4 heterocycles. The first kappa shape index (κ1) is 23.6. The van der Waals surface area contributed by atoms with Gasteiger partial charge in [0, 0.05) is 65.2 Å². The van der Waals surface area contributed by atoms with E-state index in [0.717, 1.165) is 36.1 Å². The molecule has 2 aliphatic rings. The van der Waals surface area contributed by atoms with E-state index in [1.165, 1.54) is 12.1 Å². The molecule has 7 nitrogen and oxygen atoms in total. The molecule has 4 aromatic rings. The van der Waals surface area contributed by atoms with Gasteiger partial charge in [-0.2, -0.15) is 5.26 Å². The van der Waals surface area contributed by atoms with E-state index in [0.29, 0.717) is 40.5 Å². The van der Waals surface area contributed by atoms with E-state index in [1.54, 1.807) is 36.7 Å². The van der Waals surface area contributed by atoms with Crippen LogP contribution in [0.15, 0.2) is 54.9 Å². The number of anilines is 1. The molecule has 186 valence electrons. The molecule has 0 spiro atoms. The van der Waals surface area contributed by atoms with Crippen LogP contribution in [0.1, 0.15) is 12.0 Å². The van der Waals surface area contributed by atoms with Crippen molar-refractivity contribution < 1.29 is 14.2 Å². The predicted octanol–water partition coefficient (Wildman–Crippen LogP) is 4.90. The summed E-state index contributed by atoms with van der Waals surface area (Å²) in [6.07, 6.45) is 4.24. The second-order valence-electron chi connectivity index (χ2n) is 9.29. The molecule has 2 atom stereocenters. The van der Waals surface area contributed by atoms with Crippen molar-refractivity contribution in [2.24, 2.45) is 0 Å². The Bertz CT molecular complexity index is 1540. The summed E-state index contributed by atoms with van der Waals surface area (Å²) in [6, 6.07) is 13.7. The highest BCUT2D eigenvalue weighted by Crippen LogP contribution is 2.41. The van der Waals surface area contributed by atoms with Gasteiger partial charge in [0.1, 0.15) is 17.6 Å². The highest BCUT2D eigenvalue weighted by atomic mass is 35.5. The van der Waals surface area contributed by atoms with Crippen LogP contribution in [0, 0.1) is 17.1 Å². The molecule has 2 fully saturated rings. The van der Waals surface area contributed by atoms with Crippen LogP contribution in [-0.2, 0) is 4.74 Å². The van der Waals surface area contributed by atoms with Gasteiger partial charge >= 0.3 is 0 Å². The highest BCUT2D eigenvalue weighted by molar-refractivity contribution is 6.31. The first-order valence-corrected chi connectivity index (χ1v) is 12.5. The lowest BCUT2D eigenvalue weighted by atomic mass is 9.95. The number of aromatic hydroxyl groups is 1. The molecule has 2 aromatic carbocycles. The summed E-state index contributed by atoms with van der Waals surface area (Å²) in [5.41, 5.74) is 4.03. The van der Waals surface area contributed by atoms with Crippen molar-refractivity contribution in [2.75, 3.05) is 31.1 Å². The van der Waals surface area contributed by atoms with Gasteiger partial charge < -0.3 is 20.1 Å². The number of hydrogen-bond donors (Lipinski definition) is 2. The third-order valence-corrected chi connectivity index (χ3v) is 7.27. The molecule has 9 heteroatoms. The number of fused-ring (bicyclic) bond motifs is 2. The van der Waals surface area contributed by atoms with E-state index in [9.17, 15) is 14.8 Å². The molecule has 0 radical (unpaired) electrons. The molecule has 2 N–H and O–H groups in total. The Kier molecular flexibility index (Phi) is 6.13. The molecule has 37 heavy (non-hydrogen) atoms. The average Bonchev–Trinajstić information content (AvgIpc) is 2.91. The van der Waals surface area contributed by atoms with Crippen molar-refractivity contribution in [3.63, 3.8) is 0 Å². The maximum absolute atomic E-state index is 14.4. The normalized spacial score (nSPS) is 19.4. The van der Waals surface area contributed by atoms with Gasteiger partial charge in [-0.25, -0.2) is 14.4 Å². The number of nitrogens with zero attached hydrogens (tertiary/aromatic N) is 4. The van der Waals surface area contributed by atoms with Gasteiger partial charge in [0.2, 0.25) is 0 Å². The number of pyridine rings is 2. The van der Waals surface area contributed by atoms with E-state index < -0.39 is 5.82 Å². The first-order chi connectivity index (χ1) is 18.0. The summed E-state index contributed by atoms with van der Waals surface area (Å²) in [7, 11) is 0. The van der Waals surface area contributed by atoms with Crippen molar-refractivity contribution in [1.82, 2.24) is 15.3 Å². The number of ether oxygens (including phenoxy) is 1. The third-order valence-electron chi connectivity index (χ3n) is 7.05. The fraction of sp³-hybridized carbons (Fsp3) is 0.250. The van der Waals surface area contributed by atoms with Crippen LogP contribution < -0.4 is 10.2 Å². The van der Waals surface area contributed by atoms with Crippen LogP contribution >= 0.6 is 11.6 Å². The number of morpholine rings is 1. The maximum atomic E-state index is 14.4. The Hall–Kier alpha value is -3.77. The monoisotopic (exact) mass is 515 g/mol. The summed E-state index contributed by atoms with van der Waals surface area (Å²) < 4.78 is 20.5. The lowest BCUT2D eigenvalue weighted by Gasteiger charge is -2.43. The average molecular weight is 516 g/mol. The molecule has 0 aliphatic carbocycles. The van der Waals surface area contributed by atoms with Crippen LogP contribution in [0.3, 0.4) is 0 Å². The summed E-state index contributed by atoms with van der Waals surface area (Å²) in [6.45, 7) is 2.89. The molecule has 0 amide bonds. The Morgan fingerprint density at radius 3 is 2.84 bits per heavy atom. The largest absolute Gasteiger partial charge is 0.506 e. The molecule has 2 saturated heterocycles. The number of aromatic nitrogens is 2. The Morgan fingerprint density at radius 1 is 1.14 bits per heavy atom. The standard InChI is InChI=1S/C28H23ClFN5O2/c29-19-8-17(9-20(30)11-19)23-14-34-28-22(26(23)35-6-4-24-25(15-35)37-7-5-32-24)10-18(13-33-28)21-3-1-2-16(12-31)27(21)36/h1-3,8-11,13-14,24-25,32,36H,4-7,15H2/t24-,25-/m1/s1. The lowest BCUT2D eigenvalue weighted by molar-refractivity contribution is -0.00896. The van der Waals surface area contributed by atoms with Gasteiger partial charge in [0.05, 0.1) is 24.0 Å². The smallest absolute Gasteiger partial charge is 0.161 e. The summed E-state index contributed by atoms with van der Waals surface area (Å²) in [5.74, 6) is -0.534. The Morgan fingerprint density at radius 2 is 2.00 bits per heavy atom. The van der Waals surface area contributed by atoms with Crippen LogP contribution in [0.25, 0.3) is 33.3 Å². The van der Waals surface area contributed by atoms with E-state index >= 15 is 0 Å². The van der Waals surface area contributed by atoms with Crippen molar-refractivity contribution in [3.05, 3.63) is 71.3 Å². The Balaban J connectivity index is 1.56. The molecule has 0 unspecified atom stereocenters. The number of phenolic OH excluding ortho intramolecular Hbond substituents is 1. The number of hydrogen-bond acceptors (Lipinski definition) is 7. The minimum atomic E-state index is -0.433. The second kappa shape index (κ2) is 9.60. The molecule has 0 bridgehead atoms. The molecule has 6 rings (SSSR count). The number of para-hydroxylation sites is 1. The number of benzene rings is 2. The lowest BCUT2D eigenvalue weighted by Crippen LogP contribution is -2.57. The zero-order valence-electron chi connectivity index (χ0n) is 19.8. The van der Waals surface area contributed by atoms with E-state index in [-0.39, 0.29) is 23.5 Å². The van der Waals surface area contributed by atoms with E-state index in [1.807, 2.05) is 12.1 Å². The van der Waals surface area contributed by atoms with Gasteiger partial charge in [-0.15, -0.1) is 0 Å². The summed E-state index contributed by atoms with van der Waals surface area (Å²) in [5, 5.41) is 24.7. The van der Waals surface area contributed by atoms with Gasteiger partial charge in [0.15, 0.2) is 5.65 Å². The number of phenols is 1. The fourth-order valence-electron chi connectivity index (χ4n) is 5.32. The van der Waals surface area contributed by atoms with Crippen molar-refractivity contribution in [2.45, 2.75) is 18.6 Å². The molecular weight excluding hydrogens is 493 g/mol. The minimum Gasteiger partial charge on any atom is -0.506 e. The van der Waals surface area contributed by atoms with Gasteiger partial charge in [-0.3, -0.25) is 0 Å². The quantitative estimate of drug-likeness (QED) is 0.400. The fourth-order valence-corrected chi connectivity index (χ4v) is 5.54. The second-order valence-corrected chi connectivity index (χ2v) is 9.73. The van der Waals surface area contributed by atoms with Crippen LogP contribution in [0.4, 0.5) is 10.1 Å². The topological polar surface area (TPSA) is 94.3 Å². The highest BCUT2D eigenvalue weighted by Gasteiger charge is 2.34. The van der Waals surface area contributed by atoms with Gasteiger partial charge in [0.25, 0.3) is 0 Å². The molecule has 2 aromatic heterocycles. The SMILES string of the molecule is N#Cc1cccc(-c2cnc3ncc(-c4cc(F)cc(Cl)c4)c(N4CC[C@H]5NCCO[C@@H]5C4)c3c2)c1O. The minimum absolute atomic E-state index is 0.0159.